The summed E-state index contributed by atoms with van der Waals surface area (Å²) >= 11 is 0. The molecule has 2 atom stereocenters. The summed E-state index contributed by atoms with van der Waals surface area (Å²) in [5.41, 5.74) is 0. The predicted molar refractivity (Wildman–Crippen MR) is 67.1 cm³/mol. The van der Waals surface area contributed by atoms with E-state index in [1.54, 1.807) is 14.0 Å². The van der Waals surface area contributed by atoms with E-state index >= 15 is 0 Å². The summed E-state index contributed by atoms with van der Waals surface area (Å²) in [4.78, 5) is 16.2. The van der Waals surface area contributed by atoms with Gasteiger partial charge < -0.3 is 4.74 Å². The van der Waals surface area contributed by atoms with E-state index < -0.39 is 21.7 Å². The Morgan fingerprint density at radius 1 is 1.63 bits per heavy atom. The van der Waals surface area contributed by atoms with Crippen LogP contribution in [0, 0.1) is 5.92 Å². The molecule has 106 valence electrons. The van der Waals surface area contributed by atoms with Gasteiger partial charge in [-0.1, -0.05) is 0 Å². The van der Waals surface area contributed by atoms with E-state index in [0.29, 0.717) is 12.2 Å². The lowest BCUT2D eigenvalue weighted by atomic mass is 9.91. The molecule has 0 saturated carbocycles. The number of carbonyl (C=O) groups excluding carboxylic acids is 1. The van der Waals surface area contributed by atoms with Gasteiger partial charge in [-0.3, -0.25) is 9.48 Å². The molecule has 0 aliphatic carbocycles. The highest BCUT2D eigenvalue weighted by atomic mass is 32.2. The van der Waals surface area contributed by atoms with Crippen LogP contribution in [0.25, 0.3) is 0 Å². The molecule has 0 N–H and O–H groups in total. The van der Waals surface area contributed by atoms with Gasteiger partial charge in [0.2, 0.25) is 0 Å². The summed E-state index contributed by atoms with van der Waals surface area (Å²) in [6.45, 7) is 1.98. The van der Waals surface area contributed by atoms with Gasteiger partial charge in [0.25, 0.3) is 0 Å². The molecule has 2 rings (SSSR count). The molecule has 1 fully saturated rings. The number of nitrogens with zero attached hydrogens (tertiary/aromatic N) is 3. The molecule has 1 saturated heterocycles. The second-order valence-corrected chi connectivity index (χ2v) is 6.86. The Balaban J connectivity index is 2.30. The average molecular weight is 287 g/mol. The number of aromatic nitrogens is 3. The molecular weight excluding hydrogens is 270 g/mol. The Labute approximate surface area is 111 Å². The Kier molecular flexibility index (Phi) is 3.88. The van der Waals surface area contributed by atoms with E-state index in [-0.39, 0.29) is 24.0 Å². The van der Waals surface area contributed by atoms with E-state index in [9.17, 15) is 13.2 Å². The van der Waals surface area contributed by atoms with Crippen LogP contribution in [0.1, 0.15) is 25.1 Å². The first-order valence-corrected chi connectivity index (χ1v) is 7.97. The monoisotopic (exact) mass is 287 g/mol. The molecular formula is C11H17N3O4S. The van der Waals surface area contributed by atoms with Crippen LogP contribution in [0.5, 0.6) is 0 Å². The predicted octanol–water partition coefficient (Wildman–Crippen LogP) is -0.104. The van der Waals surface area contributed by atoms with Crippen molar-refractivity contribution >= 4 is 15.8 Å². The van der Waals surface area contributed by atoms with Crippen molar-refractivity contribution in [2.24, 2.45) is 13.0 Å². The molecule has 1 aliphatic rings. The molecule has 8 heteroatoms. The van der Waals surface area contributed by atoms with Gasteiger partial charge in [-0.25, -0.2) is 13.4 Å². The zero-order valence-corrected chi connectivity index (χ0v) is 11.8. The summed E-state index contributed by atoms with van der Waals surface area (Å²) in [6.07, 6.45) is 1.81. The van der Waals surface area contributed by atoms with E-state index in [4.69, 9.17) is 4.74 Å². The fourth-order valence-corrected chi connectivity index (χ4v) is 4.25. The fourth-order valence-electron chi connectivity index (χ4n) is 2.41. The third kappa shape index (κ3) is 2.94. The number of rotatable bonds is 4. The SMILES string of the molecule is CCOC(=O)C(c1ncnn1C)C1CCS(=O)(=O)C1. The second kappa shape index (κ2) is 5.28. The van der Waals surface area contributed by atoms with Gasteiger partial charge in [0.05, 0.1) is 18.1 Å². The minimum absolute atomic E-state index is 0.00331. The summed E-state index contributed by atoms with van der Waals surface area (Å²) in [7, 11) is -1.38. The zero-order chi connectivity index (χ0) is 14.0. The van der Waals surface area contributed by atoms with Crippen LogP contribution in [0.3, 0.4) is 0 Å². The lowest BCUT2D eigenvalue weighted by molar-refractivity contribution is -0.146. The van der Waals surface area contributed by atoms with Gasteiger partial charge in [-0.15, -0.1) is 0 Å². The Bertz CT molecular complexity index is 566. The van der Waals surface area contributed by atoms with Gasteiger partial charge in [0.15, 0.2) is 9.84 Å². The van der Waals surface area contributed by atoms with Crippen molar-refractivity contribution in [3.63, 3.8) is 0 Å². The molecule has 2 heterocycles. The molecule has 0 aromatic carbocycles. The molecule has 1 aromatic rings. The summed E-state index contributed by atoms with van der Waals surface area (Å²) < 4.78 is 29.7. The number of aryl methyl sites for hydroxylation is 1. The molecule has 0 bridgehead atoms. The molecule has 1 aliphatic heterocycles. The zero-order valence-electron chi connectivity index (χ0n) is 10.9. The van der Waals surface area contributed by atoms with Gasteiger partial charge in [-0.05, 0) is 19.3 Å². The van der Waals surface area contributed by atoms with Crippen LogP contribution in [-0.4, -0.2) is 47.3 Å². The number of hydrogen-bond donors (Lipinski definition) is 0. The van der Waals surface area contributed by atoms with Crippen LogP contribution < -0.4 is 0 Å². The Hall–Kier alpha value is -1.44. The fraction of sp³-hybridized carbons (Fsp3) is 0.727. The lowest BCUT2D eigenvalue weighted by Crippen LogP contribution is -2.27. The first-order chi connectivity index (χ1) is 8.94. The third-order valence-corrected chi connectivity index (χ3v) is 5.10. The summed E-state index contributed by atoms with van der Waals surface area (Å²) in [5, 5.41) is 3.94. The van der Waals surface area contributed by atoms with E-state index in [1.165, 1.54) is 11.0 Å². The van der Waals surface area contributed by atoms with Gasteiger partial charge in [0, 0.05) is 7.05 Å². The van der Waals surface area contributed by atoms with Crippen molar-refractivity contribution in [2.45, 2.75) is 19.3 Å². The van der Waals surface area contributed by atoms with Crippen LogP contribution in [0.15, 0.2) is 6.33 Å². The van der Waals surface area contributed by atoms with Crippen LogP contribution >= 0.6 is 0 Å². The maximum Gasteiger partial charge on any atom is 0.316 e. The van der Waals surface area contributed by atoms with E-state index in [1.807, 2.05) is 0 Å². The topological polar surface area (TPSA) is 91.2 Å². The molecule has 1 aromatic heterocycles. The Morgan fingerprint density at radius 3 is 2.84 bits per heavy atom. The Morgan fingerprint density at radius 2 is 2.37 bits per heavy atom. The van der Waals surface area contributed by atoms with Crippen LogP contribution in [0.2, 0.25) is 0 Å². The van der Waals surface area contributed by atoms with E-state index in [2.05, 4.69) is 10.1 Å². The number of hydrogen-bond acceptors (Lipinski definition) is 6. The quantitative estimate of drug-likeness (QED) is 0.718. The normalized spacial score (nSPS) is 23.2. The largest absolute Gasteiger partial charge is 0.465 e. The molecule has 0 amide bonds. The van der Waals surface area contributed by atoms with Crippen molar-refractivity contribution in [1.29, 1.82) is 0 Å². The van der Waals surface area contributed by atoms with Crippen LogP contribution in [-0.2, 0) is 26.4 Å². The molecule has 19 heavy (non-hydrogen) atoms. The van der Waals surface area contributed by atoms with E-state index in [0.717, 1.165) is 0 Å². The third-order valence-electron chi connectivity index (χ3n) is 3.30. The first-order valence-electron chi connectivity index (χ1n) is 6.15. The van der Waals surface area contributed by atoms with Crippen molar-refractivity contribution in [2.75, 3.05) is 18.1 Å². The second-order valence-electron chi connectivity index (χ2n) is 4.63. The standard InChI is InChI=1S/C11H17N3O4S/c1-3-18-11(15)9(10-12-7-13-14(10)2)8-4-5-19(16,17)6-8/h7-9H,3-6H2,1-2H3. The number of esters is 1. The lowest BCUT2D eigenvalue weighted by Gasteiger charge is -2.19. The highest BCUT2D eigenvalue weighted by Gasteiger charge is 2.41. The summed E-state index contributed by atoms with van der Waals surface area (Å²) in [6, 6.07) is 0. The van der Waals surface area contributed by atoms with Crippen molar-refractivity contribution in [3.8, 4) is 0 Å². The molecule has 0 radical (unpaired) electrons. The van der Waals surface area contributed by atoms with Crippen molar-refractivity contribution < 1.29 is 17.9 Å². The van der Waals surface area contributed by atoms with Crippen molar-refractivity contribution in [1.82, 2.24) is 14.8 Å². The van der Waals surface area contributed by atoms with Crippen LogP contribution in [0.4, 0.5) is 0 Å². The summed E-state index contributed by atoms with van der Waals surface area (Å²) in [5.74, 6) is -0.799. The smallest absolute Gasteiger partial charge is 0.316 e. The molecule has 7 nitrogen and oxygen atoms in total. The highest BCUT2D eigenvalue weighted by molar-refractivity contribution is 7.91. The minimum atomic E-state index is -3.06. The number of carbonyl (C=O) groups is 1. The molecule has 0 spiro atoms. The highest BCUT2D eigenvalue weighted by Crippen LogP contribution is 2.33. The first kappa shape index (κ1) is 14.0. The minimum Gasteiger partial charge on any atom is -0.465 e. The van der Waals surface area contributed by atoms with Gasteiger partial charge >= 0.3 is 5.97 Å². The maximum atomic E-state index is 12.1. The number of sulfone groups is 1. The van der Waals surface area contributed by atoms with Gasteiger partial charge in [-0.2, -0.15) is 5.10 Å². The van der Waals surface area contributed by atoms with Crippen molar-refractivity contribution in [3.05, 3.63) is 12.2 Å². The molecule has 2 unspecified atom stereocenters. The van der Waals surface area contributed by atoms with Gasteiger partial charge in [0.1, 0.15) is 18.1 Å². The maximum absolute atomic E-state index is 12.1. The number of ether oxygens (including phenoxy) is 1. The average Bonchev–Trinajstić information content (AvgIpc) is 2.87.